The summed E-state index contributed by atoms with van der Waals surface area (Å²) >= 11 is 1.53. The Kier molecular flexibility index (Phi) is 9.40. The van der Waals surface area contributed by atoms with E-state index in [1.807, 2.05) is 17.5 Å². The Morgan fingerprint density at radius 3 is 1.82 bits per heavy atom. The summed E-state index contributed by atoms with van der Waals surface area (Å²) in [6, 6.07) is 14.7. The Morgan fingerprint density at radius 2 is 1.35 bits per heavy atom. The molecule has 0 fully saturated rings. The average molecular weight is 565 g/mol. The zero-order valence-corrected chi connectivity index (χ0v) is 25.7. The van der Waals surface area contributed by atoms with E-state index in [0.29, 0.717) is 0 Å². The normalized spacial score (nSPS) is 11.9. The molecule has 3 aromatic rings. The molecule has 0 aliphatic carbocycles. The SMILES string of the molecule is CC(C)(C)OC(=O)NC(=NCc1cc(-c2ccc(C(C)(C)C)cc2)cc(-c2cscn2)c1)NC(=O)OC(C)(C)C. The van der Waals surface area contributed by atoms with Crippen LogP contribution in [0, 0.1) is 0 Å². The molecule has 8 nitrogen and oxygen atoms in total. The van der Waals surface area contributed by atoms with Crippen LogP contribution in [0.15, 0.2) is 58.3 Å². The number of hydrogen-bond acceptors (Lipinski definition) is 7. The number of carbonyl (C=O) groups is 2. The minimum Gasteiger partial charge on any atom is -0.444 e. The van der Waals surface area contributed by atoms with Gasteiger partial charge >= 0.3 is 12.2 Å². The first-order valence-corrected chi connectivity index (χ1v) is 14.1. The lowest BCUT2D eigenvalue weighted by Crippen LogP contribution is -2.47. The molecule has 0 saturated carbocycles. The van der Waals surface area contributed by atoms with Gasteiger partial charge in [0.05, 0.1) is 17.7 Å². The number of rotatable bonds is 4. The summed E-state index contributed by atoms with van der Waals surface area (Å²) in [5, 5.41) is 7.07. The Morgan fingerprint density at radius 1 is 0.800 bits per heavy atom. The number of thiazole rings is 1. The highest BCUT2D eigenvalue weighted by Crippen LogP contribution is 2.30. The van der Waals surface area contributed by atoms with Crippen LogP contribution in [0.25, 0.3) is 22.4 Å². The quantitative estimate of drug-likeness (QED) is 0.250. The highest BCUT2D eigenvalue weighted by atomic mass is 32.1. The van der Waals surface area contributed by atoms with Gasteiger partial charge in [0, 0.05) is 10.9 Å². The van der Waals surface area contributed by atoms with E-state index in [0.717, 1.165) is 27.9 Å². The van der Waals surface area contributed by atoms with Crippen molar-refractivity contribution in [2.45, 2.75) is 85.5 Å². The lowest BCUT2D eigenvalue weighted by Gasteiger charge is -2.22. The summed E-state index contributed by atoms with van der Waals surface area (Å²) in [7, 11) is 0. The molecule has 214 valence electrons. The fraction of sp³-hybridized carbons (Fsp3) is 0.419. The van der Waals surface area contributed by atoms with Crippen molar-refractivity contribution in [1.29, 1.82) is 0 Å². The topological polar surface area (TPSA) is 102 Å². The molecule has 0 bridgehead atoms. The first-order valence-electron chi connectivity index (χ1n) is 13.2. The van der Waals surface area contributed by atoms with Crippen molar-refractivity contribution in [1.82, 2.24) is 15.6 Å². The molecule has 0 spiro atoms. The highest BCUT2D eigenvalue weighted by molar-refractivity contribution is 7.07. The number of aliphatic imine (C=N–C) groups is 1. The molecule has 1 heterocycles. The van der Waals surface area contributed by atoms with Gasteiger partial charge in [0.25, 0.3) is 0 Å². The van der Waals surface area contributed by atoms with Crippen LogP contribution in [0.4, 0.5) is 9.59 Å². The molecule has 0 atom stereocenters. The van der Waals surface area contributed by atoms with E-state index in [9.17, 15) is 9.59 Å². The van der Waals surface area contributed by atoms with Crippen LogP contribution in [0.3, 0.4) is 0 Å². The van der Waals surface area contributed by atoms with Gasteiger partial charge < -0.3 is 9.47 Å². The first kappa shape index (κ1) is 30.8. The van der Waals surface area contributed by atoms with Crippen LogP contribution in [0.1, 0.15) is 73.4 Å². The van der Waals surface area contributed by atoms with E-state index in [1.54, 1.807) is 47.1 Å². The van der Waals surface area contributed by atoms with Crippen LogP contribution in [-0.2, 0) is 21.4 Å². The van der Waals surface area contributed by atoms with E-state index in [4.69, 9.17) is 9.47 Å². The highest BCUT2D eigenvalue weighted by Gasteiger charge is 2.21. The largest absolute Gasteiger partial charge is 0.444 e. The standard InChI is InChI=1S/C31H40N4O4S/c1-29(2,3)24-12-10-21(11-13-24)22-14-20(15-23(16-22)25-18-40-19-33-25)17-32-26(34-27(36)38-30(4,5)6)35-28(37)39-31(7,8)9/h10-16,18-19H,17H2,1-9H3,(H2,32,34,35,36,37). The molecule has 2 amide bonds. The first-order chi connectivity index (χ1) is 18.5. The van der Waals surface area contributed by atoms with Crippen LogP contribution in [0.5, 0.6) is 0 Å². The zero-order valence-electron chi connectivity index (χ0n) is 24.8. The number of guanidine groups is 1. The number of ether oxygens (including phenoxy) is 2. The van der Waals surface area contributed by atoms with Gasteiger partial charge in [-0.3, -0.25) is 10.6 Å². The molecule has 1 aromatic heterocycles. The molecule has 40 heavy (non-hydrogen) atoms. The minimum atomic E-state index is -0.738. The van der Waals surface area contributed by atoms with Crippen molar-refractivity contribution in [3.05, 3.63) is 64.5 Å². The van der Waals surface area contributed by atoms with Gasteiger partial charge in [0.15, 0.2) is 0 Å². The maximum atomic E-state index is 12.5. The van der Waals surface area contributed by atoms with Crippen LogP contribution in [0.2, 0.25) is 0 Å². The van der Waals surface area contributed by atoms with E-state index in [1.165, 1.54) is 16.9 Å². The average Bonchev–Trinajstić information content (AvgIpc) is 3.34. The van der Waals surface area contributed by atoms with Crippen molar-refractivity contribution in [2.24, 2.45) is 4.99 Å². The van der Waals surface area contributed by atoms with E-state index in [2.05, 4.69) is 71.7 Å². The molecule has 3 rings (SSSR count). The molecule has 0 unspecified atom stereocenters. The lowest BCUT2D eigenvalue weighted by molar-refractivity contribution is 0.0545. The third kappa shape index (κ3) is 9.79. The molecule has 9 heteroatoms. The molecular weight excluding hydrogens is 524 g/mol. The third-order valence-electron chi connectivity index (χ3n) is 5.46. The lowest BCUT2D eigenvalue weighted by atomic mass is 9.86. The van der Waals surface area contributed by atoms with Gasteiger partial charge in [-0.2, -0.15) is 0 Å². The number of nitrogens with zero attached hydrogens (tertiary/aromatic N) is 2. The number of benzene rings is 2. The summed E-state index contributed by atoms with van der Waals surface area (Å²) in [5.74, 6) is -0.0707. The van der Waals surface area contributed by atoms with E-state index in [-0.39, 0.29) is 17.9 Å². The summed E-state index contributed by atoms with van der Waals surface area (Å²) in [4.78, 5) is 34.0. The number of aromatic nitrogens is 1. The molecule has 0 aliphatic heterocycles. The maximum Gasteiger partial charge on any atom is 0.414 e. The third-order valence-corrected chi connectivity index (χ3v) is 6.05. The second kappa shape index (κ2) is 12.2. The molecule has 2 N–H and O–H groups in total. The Hall–Kier alpha value is -3.72. The molecular formula is C31H40N4O4S. The molecule has 0 radical (unpaired) electrons. The van der Waals surface area contributed by atoms with Crippen molar-refractivity contribution < 1.29 is 19.1 Å². The second-order valence-electron chi connectivity index (χ2n) is 12.5. The van der Waals surface area contributed by atoms with Gasteiger partial charge in [0.2, 0.25) is 5.96 Å². The number of carbonyl (C=O) groups excluding carboxylic acids is 2. The molecule has 2 aromatic carbocycles. The fourth-order valence-corrected chi connectivity index (χ4v) is 4.26. The monoisotopic (exact) mass is 564 g/mol. The zero-order chi connectivity index (χ0) is 29.7. The molecule has 0 aliphatic rings. The van der Waals surface area contributed by atoms with Crippen molar-refractivity contribution in [3.63, 3.8) is 0 Å². The Balaban J connectivity index is 1.96. The minimum absolute atomic E-state index is 0.0551. The summed E-state index contributed by atoms with van der Waals surface area (Å²) in [5.41, 5.74) is 6.42. The predicted octanol–water partition coefficient (Wildman–Crippen LogP) is 7.68. The maximum absolute atomic E-state index is 12.5. The van der Waals surface area contributed by atoms with Crippen LogP contribution < -0.4 is 10.6 Å². The second-order valence-corrected chi connectivity index (χ2v) is 13.3. The number of alkyl carbamates (subject to hydrolysis) is 2. The van der Waals surface area contributed by atoms with Gasteiger partial charge in [-0.05, 0) is 87.4 Å². The van der Waals surface area contributed by atoms with Crippen LogP contribution in [-0.4, -0.2) is 34.3 Å². The van der Waals surface area contributed by atoms with Crippen molar-refractivity contribution >= 4 is 29.5 Å². The van der Waals surface area contributed by atoms with Crippen LogP contribution >= 0.6 is 11.3 Å². The fourth-order valence-electron chi connectivity index (χ4n) is 3.70. The van der Waals surface area contributed by atoms with E-state index >= 15 is 0 Å². The van der Waals surface area contributed by atoms with Gasteiger partial charge in [0.1, 0.15) is 11.2 Å². The van der Waals surface area contributed by atoms with Crippen molar-refractivity contribution in [3.8, 4) is 22.4 Å². The summed E-state index contributed by atoms with van der Waals surface area (Å²) in [6.07, 6.45) is -1.48. The molecule has 0 saturated heterocycles. The number of amides is 2. The van der Waals surface area contributed by atoms with Gasteiger partial charge in [-0.25, -0.2) is 19.6 Å². The smallest absolute Gasteiger partial charge is 0.414 e. The Bertz CT molecular complexity index is 1310. The summed E-state index contributed by atoms with van der Waals surface area (Å²) < 4.78 is 10.7. The van der Waals surface area contributed by atoms with Gasteiger partial charge in [-0.15, -0.1) is 11.3 Å². The number of nitrogens with one attached hydrogen (secondary N) is 2. The predicted molar refractivity (Wildman–Crippen MR) is 162 cm³/mol. The summed E-state index contributed by atoms with van der Waals surface area (Å²) in [6.45, 7) is 17.3. The number of hydrogen-bond donors (Lipinski definition) is 2. The van der Waals surface area contributed by atoms with E-state index < -0.39 is 23.4 Å². The van der Waals surface area contributed by atoms with Gasteiger partial charge in [-0.1, -0.05) is 45.0 Å². The Labute approximate surface area is 241 Å². The van der Waals surface area contributed by atoms with Crippen molar-refractivity contribution in [2.75, 3.05) is 0 Å².